The van der Waals surface area contributed by atoms with Crippen molar-refractivity contribution in [3.8, 4) is 0 Å². The van der Waals surface area contributed by atoms with Crippen molar-refractivity contribution in [2.45, 2.75) is 19.8 Å². The van der Waals surface area contributed by atoms with E-state index in [2.05, 4.69) is 0 Å². The Bertz CT molecular complexity index is 1010. The molecule has 0 saturated heterocycles. The van der Waals surface area contributed by atoms with Crippen LogP contribution >= 0.6 is 0 Å². The minimum absolute atomic E-state index is 0.00249. The Morgan fingerprint density at radius 3 is 2.92 bits per heavy atom. The van der Waals surface area contributed by atoms with E-state index < -0.39 is 4.92 Å². The third-order valence-corrected chi connectivity index (χ3v) is 4.63. The number of nitrogens with zero attached hydrogens (tertiary/aromatic N) is 2. The first-order valence-corrected chi connectivity index (χ1v) is 8.07. The van der Waals surface area contributed by atoms with Crippen LogP contribution < -0.4 is 4.90 Å². The number of non-ortho nitro benzene ring substituents is 1. The predicted octanol–water partition coefficient (Wildman–Crippen LogP) is 3.78. The number of anilines is 1. The molecule has 0 spiro atoms. The van der Waals surface area contributed by atoms with Crippen LogP contribution in [0.4, 0.5) is 11.4 Å². The molecule has 4 rings (SSSR count). The summed E-state index contributed by atoms with van der Waals surface area (Å²) in [6.07, 6.45) is 2.54. The lowest BCUT2D eigenvalue weighted by Gasteiger charge is -2.16. The highest BCUT2D eigenvalue weighted by molar-refractivity contribution is 5.99. The molecule has 1 aliphatic heterocycles. The molecule has 0 unspecified atom stereocenters. The molecule has 1 aliphatic rings. The van der Waals surface area contributed by atoms with Crippen molar-refractivity contribution in [3.05, 3.63) is 69.5 Å². The van der Waals surface area contributed by atoms with Crippen LogP contribution in [0.25, 0.3) is 11.0 Å². The monoisotopic (exact) mass is 336 g/mol. The van der Waals surface area contributed by atoms with Crippen LogP contribution in [0, 0.1) is 17.0 Å². The summed E-state index contributed by atoms with van der Waals surface area (Å²) >= 11 is 0. The van der Waals surface area contributed by atoms with Crippen LogP contribution in [-0.4, -0.2) is 17.4 Å². The Morgan fingerprint density at radius 1 is 1.28 bits per heavy atom. The topological polar surface area (TPSA) is 76.6 Å². The summed E-state index contributed by atoms with van der Waals surface area (Å²) in [4.78, 5) is 25.0. The molecule has 0 aliphatic carbocycles. The van der Waals surface area contributed by atoms with Crippen molar-refractivity contribution in [2.24, 2.45) is 0 Å². The van der Waals surface area contributed by atoms with Gasteiger partial charge in [0.25, 0.3) is 5.69 Å². The Hall–Kier alpha value is -3.15. The van der Waals surface area contributed by atoms with E-state index in [1.165, 1.54) is 12.1 Å². The first-order chi connectivity index (χ1) is 12.0. The maximum Gasteiger partial charge on any atom is 0.271 e. The number of carbonyl (C=O) groups is 1. The zero-order chi connectivity index (χ0) is 17.6. The van der Waals surface area contributed by atoms with Crippen LogP contribution in [0.15, 0.2) is 47.1 Å². The summed E-state index contributed by atoms with van der Waals surface area (Å²) in [6.45, 7) is 2.53. The average molecular weight is 336 g/mol. The number of furan rings is 1. The maximum atomic E-state index is 12.8. The molecule has 25 heavy (non-hydrogen) atoms. The van der Waals surface area contributed by atoms with Gasteiger partial charge in [0.1, 0.15) is 5.58 Å². The van der Waals surface area contributed by atoms with E-state index in [1.807, 2.05) is 25.1 Å². The molecule has 1 aromatic heterocycles. The second-order valence-electron chi connectivity index (χ2n) is 6.30. The van der Waals surface area contributed by atoms with Crippen molar-refractivity contribution >= 4 is 28.3 Å². The van der Waals surface area contributed by atoms with Gasteiger partial charge in [-0.25, -0.2) is 0 Å². The summed E-state index contributed by atoms with van der Waals surface area (Å²) < 4.78 is 5.55. The molecule has 3 aromatic rings. The van der Waals surface area contributed by atoms with Crippen molar-refractivity contribution in [2.75, 3.05) is 11.4 Å². The number of nitro groups is 1. The van der Waals surface area contributed by atoms with Gasteiger partial charge < -0.3 is 9.32 Å². The molecule has 6 nitrogen and oxygen atoms in total. The van der Waals surface area contributed by atoms with Crippen LogP contribution in [0.1, 0.15) is 16.7 Å². The predicted molar refractivity (Wildman–Crippen MR) is 93.8 cm³/mol. The minimum atomic E-state index is -0.437. The quantitative estimate of drug-likeness (QED) is 0.539. The summed E-state index contributed by atoms with van der Waals surface area (Å²) in [7, 11) is 0. The Labute approximate surface area is 143 Å². The molecular formula is C19H16N2O4. The molecule has 1 amide bonds. The standard InChI is InChI=1S/C19H16N2O4/c1-12-2-5-16-14(11-25-18(16)8-12)9-19(22)20-7-6-13-3-4-15(21(23)24)10-17(13)20/h2-5,8,10-11H,6-7,9H2,1H3. The number of fused-ring (bicyclic) bond motifs is 2. The first kappa shape index (κ1) is 15.4. The molecular weight excluding hydrogens is 320 g/mol. The normalized spacial score (nSPS) is 13.2. The van der Waals surface area contributed by atoms with E-state index in [0.717, 1.165) is 27.7 Å². The number of nitro benzene ring substituents is 1. The Kier molecular flexibility index (Phi) is 3.53. The van der Waals surface area contributed by atoms with Gasteiger partial charge >= 0.3 is 0 Å². The van der Waals surface area contributed by atoms with Crippen LogP contribution in [0.5, 0.6) is 0 Å². The number of carbonyl (C=O) groups excluding carboxylic acids is 1. The van der Waals surface area contributed by atoms with Crippen LogP contribution in [0.2, 0.25) is 0 Å². The summed E-state index contributed by atoms with van der Waals surface area (Å²) in [5.41, 5.74) is 4.30. The summed E-state index contributed by atoms with van der Waals surface area (Å²) in [6, 6.07) is 10.6. The zero-order valence-electron chi connectivity index (χ0n) is 13.7. The lowest BCUT2D eigenvalue weighted by molar-refractivity contribution is -0.384. The molecule has 2 heterocycles. The van der Waals surface area contributed by atoms with Gasteiger partial charge in [-0.05, 0) is 30.5 Å². The maximum absolute atomic E-state index is 12.8. The molecule has 0 radical (unpaired) electrons. The number of rotatable bonds is 3. The van der Waals surface area contributed by atoms with Crippen LogP contribution in [0.3, 0.4) is 0 Å². The highest BCUT2D eigenvalue weighted by atomic mass is 16.6. The lowest BCUT2D eigenvalue weighted by Crippen LogP contribution is -2.30. The highest BCUT2D eigenvalue weighted by Gasteiger charge is 2.27. The van der Waals surface area contributed by atoms with E-state index in [4.69, 9.17) is 4.42 Å². The lowest BCUT2D eigenvalue weighted by atomic mass is 10.1. The number of benzene rings is 2. The van der Waals surface area contributed by atoms with Gasteiger partial charge in [-0.3, -0.25) is 14.9 Å². The molecule has 0 fully saturated rings. The van der Waals surface area contributed by atoms with Gasteiger partial charge in [0.15, 0.2) is 0 Å². The summed E-state index contributed by atoms with van der Waals surface area (Å²) in [5, 5.41) is 11.9. The molecule has 0 bridgehead atoms. The van der Waals surface area contributed by atoms with Gasteiger partial charge in [0.2, 0.25) is 5.91 Å². The van der Waals surface area contributed by atoms with Gasteiger partial charge in [-0.1, -0.05) is 18.2 Å². The second kappa shape index (κ2) is 5.73. The van der Waals surface area contributed by atoms with E-state index in [1.54, 1.807) is 17.2 Å². The van der Waals surface area contributed by atoms with Gasteiger partial charge in [-0.15, -0.1) is 0 Å². The third kappa shape index (κ3) is 2.65. The van der Waals surface area contributed by atoms with Crippen molar-refractivity contribution in [1.82, 2.24) is 0 Å². The summed E-state index contributed by atoms with van der Waals surface area (Å²) in [5.74, 6) is -0.0810. The van der Waals surface area contributed by atoms with E-state index in [0.29, 0.717) is 18.7 Å². The fraction of sp³-hybridized carbons (Fsp3) is 0.211. The second-order valence-corrected chi connectivity index (χ2v) is 6.30. The Morgan fingerprint density at radius 2 is 2.12 bits per heavy atom. The number of hydrogen-bond acceptors (Lipinski definition) is 4. The van der Waals surface area contributed by atoms with E-state index in [9.17, 15) is 14.9 Å². The average Bonchev–Trinajstić information content (AvgIpc) is 3.18. The molecule has 6 heteroatoms. The van der Waals surface area contributed by atoms with Gasteiger partial charge in [0, 0.05) is 29.6 Å². The number of aryl methyl sites for hydroxylation is 1. The number of amides is 1. The van der Waals surface area contributed by atoms with Gasteiger partial charge in [0.05, 0.1) is 23.3 Å². The first-order valence-electron chi connectivity index (χ1n) is 8.07. The SMILES string of the molecule is Cc1ccc2c(CC(=O)N3CCc4ccc([N+](=O)[O-])cc43)coc2c1. The number of hydrogen-bond donors (Lipinski definition) is 0. The molecule has 0 atom stereocenters. The molecule has 2 aromatic carbocycles. The highest BCUT2D eigenvalue weighted by Crippen LogP contribution is 2.32. The Balaban J connectivity index is 1.62. The third-order valence-electron chi connectivity index (χ3n) is 4.63. The minimum Gasteiger partial charge on any atom is -0.464 e. The fourth-order valence-electron chi connectivity index (χ4n) is 3.33. The van der Waals surface area contributed by atoms with E-state index in [-0.39, 0.29) is 18.0 Å². The molecule has 126 valence electrons. The van der Waals surface area contributed by atoms with Crippen LogP contribution in [-0.2, 0) is 17.6 Å². The fourth-order valence-corrected chi connectivity index (χ4v) is 3.33. The van der Waals surface area contributed by atoms with Crippen molar-refractivity contribution in [1.29, 1.82) is 0 Å². The molecule has 0 saturated carbocycles. The smallest absolute Gasteiger partial charge is 0.271 e. The van der Waals surface area contributed by atoms with Crippen molar-refractivity contribution < 1.29 is 14.1 Å². The largest absolute Gasteiger partial charge is 0.464 e. The zero-order valence-corrected chi connectivity index (χ0v) is 13.7. The van der Waals surface area contributed by atoms with Crippen molar-refractivity contribution in [3.63, 3.8) is 0 Å². The van der Waals surface area contributed by atoms with Gasteiger partial charge in [-0.2, -0.15) is 0 Å². The van der Waals surface area contributed by atoms with E-state index >= 15 is 0 Å². The molecule has 0 N–H and O–H groups in total.